The van der Waals surface area contributed by atoms with Crippen LogP contribution in [0.3, 0.4) is 0 Å². The number of benzene rings is 2. The van der Waals surface area contributed by atoms with Gasteiger partial charge in [0.25, 0.3) is 0 Å². The Balaban J connectivity index is 1.65. The second kappa shape index (κ2) is 9.23. The molecule has 4 nitrogen and oxygen atoms in total. The topological polar surface area (TPSA) is 52.9 Å². The number of aldehydes is 1. The van der Waals surface area contributed by atoms with Crippen LogP contribution in [-0.2, 0) is 5.41 Å². The molecule has 1 N–H and O–H groups in total. The van der Waals surface area contributed by atoms with E-state index in [9.17, 15) is 9.90 Å². The lowest BCUT2D eigenvalue weighted by Gasteiger charge is -2.35. The zero-order chi connectivity index (χ0) is 23.0. The summed E-state index contributed by atoms with van der Waals surface area (Å²) in [6.07, 6.45) is 11.1. The lowest BCUT2D eigenvalue weighted by molar-refractivity contribution is 0.112. The Morgan fingerprint density at radius 1 is 1.09 bits per heavy atom. The Bertz CT molecular complexity index is 1070. The summed E-state index contributed by atoms with van der Waals surface area (Å²) >= 11 is 6.47. The molecule has 1 heterocycles. The standard InChI is InChI=1S/C28H33ClN2O2/c1-30-27-28(14-3-2-4-15-28)23-13-12-21(20-10-8-19(17-32)9-11-20)16-26(23)31(27)25-7-5-6-24(29)22(25)18-33/h5-7,12-13,16,18-20,32H,2-4,8-11,14-15,17H2,1H3. The quantitative estimate of drug-likeness (QED) is 0.506. The van der Waals surface area contributed by atoms with E-state index < -0.39 is 0 Å². The zero-order valence-electron chi connectivity index (χ0n) is 19.4. The van der Waals surface area contributed by atoms with Gasteiger partial charge in [0.1, 0.15) is 5.84 Å². The molecule has 0 aromatic heterocycles. The van der Waals surface area contributed by atoms with Crippen LogP contribution >= 0.6 is 11.6 Å². The van der Waals surface area contributed by atoms with Gasteiger partial charge in [-0.1, -0.05) is 49.1 Å². The summed E-state index contributed by atoms with van der Waals surface area (Å²) in [6.45, 7) is 0.298. The molecule has 2 aromatic carbocycles. The summed E-state index contributed by atoms with van der Waals surface area (Å²) in [5.74, 6) is 2.00. The van der Waals surface area contributed by atoms with Crippen LogP contribution in [0.4, 0.5) is 11.4 Å². The fraction of sp³-hybridized carbons (Fsp3) is 0.500. The molecule has 2 aliphatic carbocycles. The number of carbonyl (C=O) groups is 1. The van der Waals surface area contributed by atoms with Gasteiger partial charge in [0.05, 0.1) is 27.4 Å². The van der Waals surface area contributed by atoms with Crippen molar-refractivity contribution in [2.45, 2.75) is 69.1 Å². The molecule has 3 aliphatic rings. The molecular formula is C28H33ClN2O2. The molecular weight excluding hydrogens is 432 g/mol. The number of nitrogens with zero attached hydrogens (tertiary/aromatic N) is 2. The van der Waals surface area contributed by atoms with Crippen molar-refractivity contribution < 1.29 is 9.90 Å². The van der Waals surface area contributed by atoms with Gasteiger partial charge < -0.3 is 5.11 Å². The van der Waals surface area contributed by atoms with E-state index in [1.165, 1.54) is 30.4 Å². The predicted octanol–water partition coefficient (Wildman–Crippen LogP) is 6.80. The van der Waals surface area contributed by atoms with Crippen molar-refractivity contribution in [2.75, 3.05) is 18.6 Å². The van der Waals surface area contributed by atoms with Gasteiger partial charge in [-0.3, -0.25) is 14.7 Å². The van der Waals surface area contributed by atoms with Gasteiger partial charge in [0, 0.05) is 13.7 Å². The van der Waals surface area contributed by atoms with Crippen molar-refractivity contribution >= 4 is 35.1 Å². The van der Waals surface area contributed by atoms with Gasteiger partial charge in [-0.25, -0.2) is 0 Å². The largest absolute Gasteiger partial charge is 0.396 e. The smallest absolute Gasteiger partial charge is 0.153 e. The van der Waals surface area contributed by atoms with E-state index in [0.29, 0.717) is 29.0 Å². The molecule has 174 valence electrons. The number of aliphatic hydroxyl groups is 1. The average Bonchev–Trinajstić information content (AvgIpc) is 3.12. The number of amidine groups is 1. The fourth-order valence-electron chi connectivity index (χ4n) is 6.56. The Morgan fingerprint density at radius 2 is 1.85 bits per heavy atom. The van der Waals surface area contributed by atoms with Crippen molar-refractivity contribution in [3.8, 4) is 0 Å². The van der Waals surface area contributed by atoms with Crippen molar-refractivity contribution in [3.05, 3.63) is 58.1 Å². The minimum Gasteiger partial charge on any atom is -0.396 e. The highest BCUT2D eigenvalue weighted by molar-refractivity contribution is 6.34. The SMILES string of the molecule is CN=C1N(c2cccc(Cl)c2C=O)c2cc(C3CCC(CO)CC3)ccc2C12CCCCC2. The van der Waals surface area contributed by atoms with Crippen LogP contribution in [0.1, 0.15) is 85.2 Å². The molecule has 1 spiro atoms. The van der Waals surface area contributed by atoms with Crippen LogP contribution in [0.25, 0.3) is 0 Å². The lowest BCUT2D eigenvalue weighted by Crippen LogP contribution is -2.40. The summed E-state index contributed by atoms with van der Waals surface area (Å²) < 4.78 is 0. The van der Waals surface area contributed by atoms with Crippen molar-refractivity contribution in [3.63, 3.8) is 0 Å². The number of anilines is 2. The number of hydrogen-bond donors (Lipinski definition) is 1. The molecule has 0 saturated heterocycles. The van der Waals surface area contributed by atoms with Crippen LogP contribution in [0.2, 0.25) is 5.02 Å². The maximum atomic E-state index is 12.1. The third-order valence-electron chi connectivity index (χ3n) is 8.30. The molecule has 0 bridgehead atoms. The van der Waals surface area contributed by atoms with Crippen molar-refractivity contribution in [1.29, 1.82) is 0 Å². The minimum atomic E-state index is -0.0993. The number of rotatable bonds is 4. The van der Waals surface area contributed by atoms with Crippen molar-refractivity contribution in [1.82, 2.24) is 0 Å². The summed E-state index contributed by atoms with van der Waals surface area (Å²) in [5.41, 5.74) is 5.10. The highest BCUT2D eigenvalue weighted by Crippen LogP contribution is 2.54. The third-order valence-corrected chi connectivity index (χ3v) is 8.63. The van der Waals surface area contributed by atoms with Crippen LogP contribution in [0.15, 0.2) is 41.4 Å². The third kappa shape index (κ3) is 3.72. The molecule has 2 saturated carbocycles. The average molecular weight is 465 g/mol. The maximum Gasteiger partial charge on any atom is 0.153 e. The van der Waals surface area contributed by atoms with Gasteiger partial charge in [-0.15, -0.1) is 0 Å². The number of carbonyl (C=O) groups excluding carboxylic acids is 1. The van der Waals surface area contributed by atoms with Crippen molar-refractivity contribution in [2.24, 2.45) is 10.9 Å². The molecule has 2 aromatic rings. The number of aliphatic hydroxyl groups excluding tert-OH is 1. The van der Waals surface area contributed by atoms with Gasteiger partial charge in [-0.05, 0) is 79.7 Å². The van der Waals surface area contributed by atoms with Gasteiger partial charge in [0.15, 0.2) is 6.29 Å². The normalized spacial score (nSPS) is 25.4. The Hall–Kier alpha value is -2.17. The highest BCUT2D eigenvalue weighted by atomic mass is 35.5. The second-order valence-corrected chi connectivity index (χ2v) is 10.4. The molecule has 1 aliphatic heterocycles. The Morgan fingerprint density at radius 3 is 2.52 bits per heavy atom. The predicted molar refractivity (Wildman–Crippen MR) is 135 cm³/mol. The Kier molecular flexibility index (Phi) is 6.32. The van der Waals surface area contributed by atoms with E-state index in [1.807, 2.05) is 19.2 Å². The van der Waals surface area contributed by atoms with E-state index in [2.05, 4.69) is 23.1 Å². The summed E-state index contributed by atoms with van der Waals surface area (Å²) in [6, 6.07) is 12.7. The Labute approximate surface area is 201 Å². The summed E-state index contributed by atoms with van der Waals surface area (Å²) in [5, 5.41) is 10.0. The number of hydrogen-bond acceptors (Lipinski definition) is 3. The van der Waals surface area contributed by atoms with E-state index in [4.69, 9.17) is 16.6 Å². The van der Waals surface area contributed by atoms with E-state index >= 15 is 0 Å². The molecule has 0 amide bonds. The van der Waals surface area contributed by atoms with Gasteiger partial charge in [-0.2, -0.15) is 0 Å². The molecule has 0 atom stereocenters. The fourth-order valence-corrected chi connectivity index (χ4v) is 6.78. The lowest BCUT2D eigenvalue weighted by atomic mass is 9.69. The number of halogens is 1. The van der Waals surface area contributed by atoms with E-state index in [0.717, 1.165) is 62.0 Å². The minimum absolute atomic E-state index is 0.0993. The molecule has 5 rings (SSSR count). The second-order valence-electron chi connectivity index (χ2n) is 9.99. The maximum absolute atomic E-state index is 12.1. The number of fused-ring (bicyclic) bond motifs is 2. The summed E-state index contributed by atoms with van der Waals surface area (Å²) in [7, 11) is 1.88. The van der Waals surface area contributed by atoms with Crippen LogP contribution in [-0.4, -0.2) is 30.9 Å². The molecule has 2 fully saturated rings. The molecule has 0 unspecified atom stereocenters. The van der Waals surface area contributed by atoms with Gasteiger partial charge >= 0.3 is 0 Å². The molecule has 5 heteroatoms. The van der Waals surface area contributed by atoms with E-state index in [1.54, 1.807) is 6.07 Å². The monoisotopic (exact) mass is 464 g/mol. The first kappa shape index (κ1) is 22.6. The molecule has 0 radical (unpaired) electrons. The first-order valence-electron chi connectivity index (χ1n) is 12.4. The summed E-state index contributed by atoms with van der Waals surface area (Å²) in [4.78, 5) is 19.2. The molecule has 33 heavy (non-hydrogen) atoms. The first-order chi connectivity index (χ1) is 16.1. The highest BCUT2D eigenvalue weighted by Gasteiger charge is 2.50. The van der Waals surface area contributed by atoms with Crippen LogP contribution < -0.4 is 4.90 Å². The van der Waals surface area contributed by atoms with Crippen LogP contribution in [0.5, 0.6) is 0 Å². The number of aliphatic imine (C=N–C) groups is 1. The first-order valence-corrected chi connectivity index (χ1v) is 12.8. The van der Waals surface area contributed by atoms with Crippen LogP contribution in [0, 0.1) is 5.92 Å². The van der Waals surface area contributed by atoms with E-state index in [-0.39, 0.29) is 5.41 Å². The zero-order valence-corrected chi connectivity index (χ0v) is 20.2. The van der Waals surface area contributed by atoms with Gasteiger partial charge in [0.2, 0.25) is 0 Å².